The van der Waals surface area contributed by atoms with Gasteiger partial charge in [0.05, 0.1) is 23.4 Å². The second-order valence-corrected chi connectivity index (χ2v) is 7.17. The Kier molecular flexibility index (Phi) is 6.65. The fraction of sp³-hybridized carbons (Fsp3) is 0.600. The normalized spacial score (nSPS) is 15.0. The number of hydrogen-bond donors (Lipinski definition) is 2. The van der Waals surface area contributed by atoms with E-state index in [0.29, 0.717) is 17.7 Å². The van der Waals surface area contributed by atoms with Gasteiger partial charge in [0.25, 0.3) is 0 Å². The van der Waals surface area contributed by atoms with Crippen LogP contribution < -0.4 is 0 Å². The van der Waals surface area contributed by atoms with E-state index in [0.717, 1.165) is 12.0 Å². The van der Waals surface area contributed by atoms with Crippen LogP contribution in [0.15, 0.2) is 29.2 Å². The Bertz CT molecular complexity index is 493. The highest BCUT2D eigenvalue weighted by molar-refractivity contribution is 7.91. The molecule has 0 spiro atoms. The molecule has 114 valence electrons. The van der Waals surface area contributed by atoms with Crippen LogP contribution in [0.4, 0.5) is 0 Å². The maximum atomic E-state index is 11.9. The van der Waals surface area contributed by atoms with Crippen molar-refractivity contribution in [2.24, 2.45) is 0 Å². The minimum Gasteiger partial charge on any atom is -0.394 e. The molecule has 0 saturated heterocycles. The van der Waals surface area contributed by atoms with Crippen LogP contribution in [0.3, 0.4) is 0 Å². The molecule has 2 N–H and O–H groups in total. The van der Waals surface area contributed by atoms with Crippen LogP contribution in [-0.4, -0.2) is 37.1 Å². The van der Waals surface area contributed by atoms with Crippen molar-refractivity contribution in [1.29, 1.82) is 0 Å². The van der Waals surface area contributed by atoms with E-state index >= 15 is 0 Å². The molecule has 2 unspecified atom stereocenters. The number of rotatable bonds is 8. The first-order valence-electron chi connectivity index (χ1n) is 7.06. The summed E-state index contributed by atoms with van der Waals surface area (Å²) in [6, 6.07) is 6.88. The van der Waals surface area contributed by atoms with E-state index in [4.69, 9.17) is 5.11 Å². The van der Waals surface area contributed by atoms with Gasteiger partial charge in [-0.15, -0.1) is 0 Å². The largest absolute Gasteiger partial charge is 0.394 e. The van der Waals surface area contributed by atoms with E-state index in [1.54, 1.807) is 24.3 Å². The van der Waals surface area contributed by atoms with Gasteiger partial charge in [0.15, 0.2) is 9.84 Å². The summed E-state index contributed by atoms with van der Waals surface area (Å²) < 4.78 is 23.9. The van der Waals surface area contributed by atoms with Gasteiger partial charge in [0.2, 0.25) is 0 Å². The van der Waals surface area contributed by atoms with E-state index in [9.17, 15) is 13.5 Å². The Morgan fingerprint density at radius 1 is 1.15 bits per heavy atom. The van der Waals surface area contributed by atoms with E-state index in [-0.39, 0.29) is 18.3 Å². The molecule has 0 radical (unpaired) electrons. The molecule has 0 amide bonds. The third-order valence-electron chi connectivity index (χ3n) is 3.44. The zero-order valence-electron chi connectivity index (χ0n) is 12.1. The molecule has 0 saturated carbocycles. The average Bonchev–Trinajstić information content (AvgIpc) is 2.44. The molecule has 0 aliphatic carbocycles. The van der Waals surface area contributed by atoms with Gasteiger partial charge < -0.3 is 10.2 Å². The standard InChI is InChI=1S/C15H24O4S/c1-3-9-20(18,19)15-7-5-13(6-8-15)12(4-2)10-14(17)11-16/h5-8,12,14,16-17H,3-4,9-11H2,1-2H3. The van der Waals surface area contributed by atoms with Crippen LogP contribution in [0.5, 0.6) is 0 Å². The van der Waals surface area contributed by atoms with Crippen molar-refractivity contribution in [3.63, 3.8) is 0 Å². The topological polar surface area (TPSA) is 74.6 Å². The molecule has 0 aliphatic heterocycles. The lowest BCUT2D eigenvalue weighted by Crippen LogP contribution is -2.16. The molecule has 0 heterocycles. The fourth-order valence-electron chi connectivity index (χ4n) is 2.28. The number of aliphatic hydroxyl groups is 2. The highest BCUT2D eigenvalue weighted by Crippen LogP contribution is 2.26. The lowest BCUT2D eigenvalue weighted by Gasteiger charge is -2.18. The van der Waals surface area contributed by atoms with Gasteiger partial charge in [-0.2, -0.15) is 0 Å². The molecule has 0 aromatic heterocycles. The van der Waals surface area contributed by atoms with Crippen LogP contribution in [0, 0.1) is 0 Å². The van der Waals surface area contributed by atoms with Crippen molar-refractivity contribution in [2.45, 2.75) is 50.0 Å². The predicted octanol–water partition coefficient (Wildman–Crippen LogP) is 2.11. The molecular formula is C15H24O4S. The molecule has 1 aromatic carbocycles. The van der Waals surface area contributed by atoms with Gasteiger partial charge in [0.1, 0.15) is 0 Å². The molecule has 1 rings (SSSR count). The van der Waals surface area contributed by atoms with Gasteiger partial charge in [-0.3, -0.25) is 0 Å². The maximum absolute atomic E-state index is 11.9. The van der Waals surface area contributed by atoms with Gasteiger partial charge >= 0.3 is 0 Å². The maximum Gasteiger partial charge on any atom is 0.178 e. The van der Waals surface area contributed by atoms with Crippen LogP contribution in [0.25, 0.3) is 0 Å². The molecule has 1 aromatic rings. The van der Waals surface area contributed by atoms with Crippen molar-refractivity contribution >= 4 is 9.84 Å². The van der Waals surface area contributed by atoms with E-state index in [1.165, 1.54) is 0 Å². The summed E-state index contributed by atoms with van der Waals surface area (Å²) >= 11 is 0. The first-order chi connectivity index (χ1) is 9.44. The van der Waals surface area contributed by atoms with E-state index < -0.39 is 15.9 Å². The Morgan fingerprint density at radius 3 is 2.20 bits per heavy atom. The lowest BCUT2D eigenvalue weighted by atomic mass is 9.91. The summed E-state index contributed by atoms with van der Waals surface area (Å²) in [6.07, 6.45) is 1.18. The molecule has 0 aliphatic rings. The van der Waals surface area contributed by atoms with E-state index in [2.05, 4.69) is 0 Å². The quantitative estimate of drug-likeness (QED) is 0.771. The summed E-state index contributed by atoms with van der Waals surface area (Å²) in [5, 5.41) is 18.4. The van der Waals surface area contributed by atoms with Crippen molar-refractivity contribution in [1.82, 2.24) is 0 Å². The van der Waals surface area contributed by atoms with E-state index in [1.807, 2.05) is 13.8 Å². The van der Waals surface area contributed by atoms with Crippen LogP contribution in [0.1, 0.15) is 44.6 Å². The minimum absolute atomic E-state index is 0.125. The molecule has 20 heavy (non-hydrogen) atoms. The number of hydrogen-bond acceptors (Lipinski definition) is 4. The molecule has 4 nitrogen and oxygen atoms in total. The first kappa shape index (κ1) is 17.1. The molecule has 0 fully saturated rings. The molecule has 2 atom stereocenters. The third kappa shape index (κ3) is 4.58. The lowest BCUT2D eigenvalue weighted by molar-refractivity contribution is 0.0817. The fourth-order valence-corrected chi connectivity index (χ4v) is 3.60. The summed E-state index contributed by atoms with van der Waals surface area (Å²) in [6.45, 7) is 3.60. The van der Waals surface area contributed by atoms with Crippen molar-refractivity contribution in [2.75, 3.05) is 12.4 Å². The summed E-state index contributed by atoms with van der Waals surface area (Å²) in [4.78, 5) is 0.348. The number of sulfone groups is 1. The Morgan fingerprint density at radius 2 is 1.75 bits per heavy atom. The van der Waals surface area contributed by atoms with Crippen LogP contribution in [0.2, 0.25) is 0 Å². The predicted molar refractivity (Wildman–Crippen MR) is 79.5 cm³/mol. The van der Waals surface area contributed by atoms with Gasteiger partial charge in [0, 0.05) is 0 Å². The zero-order valence-corrected chi connectivity index (χ0v) is 12.9. The van der Waals surface area contributed by atoms with Gasteiger partial charge in [-0.1, -0.05) is 26.0 Å². The second-order valence-electron chi connectivity index (χ2n) is 5.07. The van der Waals surface area contributed by atoms with Crippen molar-refractivity contribution in [3.05, 3.63) is 29.8 Å². The Labute approximate surface area is 121 Å². The average molecular weight is 300 g/mol. The molecule has 0 bridgehead atoms. The first-order valence-corrected chi connectivity index (χ1v) is 8.71. The third-order valence-corrected chi connectivity index (χ3v) is 5.38. The van der Waals surface area contributed by atoms with Crippen LogP contribution in [-0.2, 0) is 9.84 Å². The zero-order chi connectivity index (χ0) is 15.2. The van der Waals surface area contributed by atoms with Crippen LogP contribution >= 0.6 is 0 Å². The Balaban J connectivity index is 2.89. The summed E-state index contributed by atoms with van der Waals surface area (Å²) in [7, 11) is -3.18. The monoisotopic (exact) mass is 300 g/mol. The van der Waals surface area contributed by atoms with Gasteiger partial charge in [-0.05, 0) is 42.9 Å². The SMILES string of the molecule is CCCS(=O)(=O)c1ccc(C(CC)CC(O)CO)cc1. The van der Waals surface area contributed by atoms with Crippen molar-refractivity contribution in [3.8, 4) is 0 Å². The summed E-state index contributed by atoms with van der Waals surface area (Å²) in [5.74, 6) is 0.285. The van der Waals surface area contributed by atoms with Gasteiger partial charge in [-0.25, -0.2) is 8.42 Å². The number of benzene rings is 1. The minimum atomic E-state index is -3.18. The second kappa shape index (κ2) is 7.76. The molecular weight excluding hydrogens is 276 g/mol. The molecule has 5 heteroatoms. The highest BCUT2D eigenvalue weighted by Gasteiger charge is 2.17. The summed E-state index contributed by atoms with van der Waals surface area (Å²) in [5.41, 5.74) is 0.996. The number of aliphatic hydroxyl groups excluding tert-OH is 2. The highest BCUT2D eigenvalue weighted by atomic mass is 32.2. The Hall–Kier alpha value is -0.910. The smallest absolute Gasteiger partial charge is 0.178 e. The van der Waals surface area contributed by atoms with Crippen molar-refractivity contribution < 1.29 is 18.6 Å².